The van der Waals surface area contributed by atoms with Crippen molar-refractivity contribution in [3.63, 3.8) is 0 Å². The van der Waals surface area contributed by atoms with Crippen molar-refractivity contribution in [2.45, 2.75) is 155 Å². The molecule has 0 aromatic carbocycles. The van der Waals surface area contributed by atoms with Crippen molar-refractivity contribution in [1.29, 1.82) is 0 Å². The fourth-order valence-electron chi connectivity index (χ4n) is 4.50. The number of unbranched alkanes of at least 4 members (excludes halogenated alkanes) is 15. The Bertz CT molecular complexity index is 419. The minimum absolute atomic E-state index is 0.0717. The summed E-state index contributed by atoms with van der Waals surface area (Å²) in [5.41, 5.74) is 0. The van der Waals surface area contributed by atoms with Crippen LogP contribution >= 0.6 is 0 Å². The number of carbonyl (C=O) groups is 1. The van der Waals surface area contributed by atoms with Gasteiger partial charge in [-0.25, -0.2) is 0 Å². The van der Waals surface area contributed by atoms with Crippen molar-refractivity contribution < 1.29 is 14.6 Å². The molecule has 0 bridgehead atoms. The summed E-state index contributed by atoms with van der Waals surface area (Å²) in [5.74, 6) is 0.540. The van der Waals surface area contributed by atoms with Crippen molar-refractivity contribution in [1.82, 2.24) is 0 Å². The van der Waals surface area contributed by atoms with Gasteiger partial charge >= 0.3 is 5.97 Å². The fourth-order valence-corrected chi connectivity index (χ4v) is 4.50. The van der Waals surface area contributed by atoms with Crippen LogP contribution in [0.5, 0.6) is 0 Å². The minimum atomic E-state index is -0.0717. The van der Waals surface area contributed by atoms with E-state index >= 15 is 0 Å². The summed E-state index contributed by atoms with van der Waals surface area (Å²) in [7, 11) is 0. The number of rotatable bonds is 26. The summed E-state index contributed by atoms with van der Waals surface area (Å²) in [5, 5.41) is 9.34. The zero-order chi connectivity index (χ0) is 24.2. The van der Waals surface area contributed by atoms with Crippen LogP contribution in [0.2, 0.25) is 0 Å². The summed E-state index contributed by atoms with van der Waals surface area (Å²) in [6.07, 6.45) is 31.1. The number of allylic oxidation sites excluding steroid dienone is 1. The lowest BCUT2D eigenvalue weighted by molar-refractivity contribution is -0.142. The minimum Gasteiger partial charge on any atom is -0.461 e. The highest BCUT2D eigenvalue weighted by atomic mass is 16.5. The molecule has 0 saturated heterocycles. The third kappa shape index (κ3) is 25.6. The fraction of sp³-hybridized carbons (Fsp3) is 0.900. The van der Waals surface area contributed by atoms with Gasteiger partial charge in [0.1, 0.15) is 6.61 Å². The van der Waals surface area contributed by atoms with Crippen molar-refractivity contribution in [3.8, 4) is 0 Å². The highest BCUT2D eigenvalue weighted by Gasteiger charge is 2.09. The van der Waals surface area contributed by atoms with Gasteiger partial charge in [0, 0.05) is 13.0 Å². The molecule has 0 amide bonds. The van der Waals surface area contributed by atoms with Crippen LogP contribution in [-0.4, -0.2) is 24.3 Å². The summed E-state index contributed by atoms with van der Waals surface area (Å²) >= 11 is 0. The van der Waals surface area contributed by atoms with Crippen molar-refractivity contribution in [2.75, 3.05) is 13.2 Å². The Balaban J connectivity index is 3.57. The zero-order valence-corrected chi connectivity index (χ0v) is 22.5. The molecule has 0 fully saturated rings. The van der Waals surface area contributed by atoms with Gasteiger partial charge < -0.3 is 9.84 Å². The van der Waals surface area contributed by atoms with Crippen LogP contribution in [0.3, 0.4) is 0 Å². The Morgan fingerprint density at radius 1 is 0.667 bits per heavy atom. The predicted octanol–water partition coefficient (Wildman–Crippen LogP) is 9.32. The third-order valence-corrected chi connectivity index (χ3v) is 6.73. The molecule has 1 N–H and O–H groups in total. The number of aliphatic hydroxyl groups excluding tert-OH is 1. The summed E-state index contributed by atoms with van der Waals surface area (Å²) in [6.45, 7) is 5.23. The van der Waals surface area contributed by atoms with Crippen LogP contribution in [0.4, 0.5) is 0 Å². The molecule has 0 aliphatic carbocycles. The molecule has 0 aliphatic rings. The number of hydrogen-bond acceptors (Lipinski definition) is 3. The molecule has 33 heavy (non-hydrogen) atoms. The topological polar surface area (TPSA) is 46.5 Å². The van der Waals surface area contributed by atoms with Crippen LogP contribution in [0, 0.1) is 5.92 Å². The lowest BCUT2D eigenvalue weighted by Gasteiger charge is -2.15. The second-order valence-electron chi connectivity index (χ2n) is 9.95. The summed E-state index contributed by atoms with van der Waals surface area (Å²) < 4.78 is 5.33. The molecule has 3 heteroatoms. The van der Waals surface area contributed by atoms with E-state index in [0.717, 1.165) is 32.1 Å². The second-order valence-corrected chi connectivity index (χ2v) is 9.95. The molecule has 1 atom stereocenters. The van der Waals surface area contributed by atoms with Gasteiger partial charge in [-0.05, 0) is 31.6 Å². The number of ether oxygens (including phenoxy) is 1. The third-order valence-electron chi connectivity index (χ3n) is 6.73. The summed E-state index contributed by atoms with van der Waals surface area (Å²) in [4.78, 5) is 11.9. The lowest BCUT2D eigenvalue weighted by atomic mass is 9.92. The Morgan fingerprint density at radius 3 is 1.76 bits per heavy atom. The molecule has 0 aromatic heterocycles. The van der Waals surface area contributed by atoms with E-state index in [1.807, 2.05) is 6.08 Å². The number of hydrogen-bond donors (Lipinski definition) is 1. The zero-order valence-electron chi connectivity index (χ0n) is 22.5. The van der Waals surface area contributed by atoms with Gasteiger partial charge in [0.05, 0.1) is 0 Å². The molecule has 1 unspecified atom stereocenters. The maximum absolute atomic E-state index is 11.9. The molecule has 0 saturated carbocycles. The first-order valence-electron chi connectivity index (χ1n) is 14.7. The SMILES string of the molecule is CCCCCCCCCC/C=C\COC(=O)CCCCC(CCO)CCCCCCCCC. The monoisotopic (exact) mass is 466 g/mol. The molecule has 196 valence electrons. The van der Waals surface area contributed by atoms with E-state index in [0.29, 0.717) is 18.9 Å². The number of aliphatic hydroxyl groups is 1. The van der Waals surface area contributed by atoms with E-state index in [1.54, 1.807) is 0 Å². The molecular weight excluding hydrogens is 408 g/mol. The largest absolute Gasteiger partial charge is 0.461 e. The highest BCUT2D eigenvalue weighted by molar-refractivity contribution is 5.69. The molecule has 0 spiro atoms. The first-order chi connectivity index (χ1) is 16.2. The van der Waals surface area contributed by atoms with Crippen molar-refractivity contribution in [3.05, 3.63) is 12.2 Å². The average molecular weight is 467 g/mol. The van der Waals surface area contributed by atoms with Crippen molar-refractivity contribution in [2.24, 2.45) is 5.92 Å². The maximum Gasteiger partial charge on any atom is 0.306 e. The van der Waals surface area contributed by atoms with Crippen LogP contribution in [0.25, 0.3) is 0 Å². The van der Waals surface area contributed by atoms with Gasteiger partial charge in [-0.3, -0.25) is 4.79 Å². The van der Waals surface area contributed by atoms with Crippen LogP contribution in [0.15, 0.2) is 12.2 Å². The molecule has 0 rings (SSSR count). The molecule has 0 radical (unpaired) electrons. The van der Waals surface area contributed by atoms with Gasteiger partial charge in [-0.1, -0.05) is 135 Å². The average Bonchev–Trinajstić information content (AvgIpc) is 2.81. The first kappa shape index (κ1) is 32.2. The van der Waals surface area contributed by atoms with E-state index < -0.39 is 0 Å². The van der Waals surface area contributed by atoms with Crippen molar-refractivity contribution >= 4 is 5.97 Å². The van der Waals surface area contributed by atoms with Gasteiger partial charge in [-0.2, -0.15) is 0 Å². The van der Waals surface area contributed by atoms with Crippen LogP contribution < -0.4 is 0 Å². The van der Waals surface area contributed by atoms with E-state index in [-0.39, 0.29) is 12.6 Å². The van der Waals surface area contributed by atoms with E-state index in [4.69, 9.17) is 4.74 Å². The van der Waals surface area contributed by atoms with E-state index in [2.05, 4.69) is 19.9 Å². The molecule has 0 aromatic rings. The van der Waals surface area contributed by atoms with E-state index in [9.17, 15) is 9.90 Å². The summed E-state index contributed by atoms with van der Waals surface area (Å²) in [6, 6.07) is 0. The predicted molar refractivity (Wildman–Crippen MR) is 144 cm³/mol. The normalized spacial score (nSPS) is 12.5. The molecular formula is C30H58O3. The number of carbonyl (C=O) groups excluding carboxylic acids is 1. The maximum atomic E-state index is 11.9. The van der Waals surface area contributed by atoms with Gasteiger partial charge in [0.25, 0.3) is 0 Å². The highest BCUT2D eigenvalue weighted by Crippen LogP contribution is 2.21. The quantitative estimate of drug-likeness (QED) is 0.0784. The van der Waals surface area contributed by atoms with Gasteiger partial charge in [0.2, 0.25) is 0 Å². The Morgan fingerprint density at radius 2 is 1.18 bits per heavy atom. The lowest BCUT2D eigenvalue weighted by Crippen LogP contribution is -2.06. The number of esters is 1. The van der Waals surface area contributed by atoms with Gasteiger partial charge in [0.15, 0.2) is 0 Å². The smallest absolute Gasteiger partial charge is 0.306 e. The standard InChI is InChI=1S/C30H58O3/c1-3-5-7-9-11-12-13-14-16-18-22-28-33-30(32)25-21-20-24-29(26-27-31)23-19-17-15-10-8-6-4-2/h18,22,29,31H,3-17,19-21,23-28H2,1-2H3/b22-18-. The Hall–Kier alpha value is -0.830. The molecule has 0 heterocycles. The Labute approximate surface area is 207 Å². The van der Waals surface area contributed by atoms with E-state index in [1.165, 1.54) is 103 Å². The van der Waals surface area contributed by atoms with Crippen LogP contribution in [0.1, 0.15) is 155 Å². The Kier molecular flexibility index (Phi) is 26.7. The molecule has 3 nitrogen and oxygen atoms in total. The molecule has 0 aliphatic heterocycles. The first-order valence-corrected chi connectivity index (χ1v) is 14.7. The second kappa shape index (κ2) is 27.4. The van der Waals surface area contributed by atoms with Crippen LogP contribution in [-0.2, 0) is 9.53 Å². The van der Waals surface area contributed by atoms with Gasteiger partial charge in [-0.15, -0.1) is 0 Å².